The Morgan fingerprint density at radius 2 is 1.88 bits per heavy atom. The van der Waals surface area contributed by atoms with Crippen LogP contribution in [0.4, 0.5) is 0 Å². The molecule has 17 heavy (non-hydrogen) atoms. The van der Waals surface area contributed by atoms with Crippen LogP contribution in [0.15, 0.2) is 24.3 Å². The van der Waals surface area contributed by atoms with Crippen LogP contribution in [0.3, 0.4) is 0 Å². The van der Waals surface area contributed by atoms with Gasteiger partial charge in [0.15, 0.2) is 0 Å². The lowest BCUT2D eigenvalue weighted by Crippen LogP contribution is -2.42. The molecule has 1 rings (SSSR count). The third kappa shape index (κ3) is 4.69. The van der Waals surface area contributed by atoms with E-state index < -0.39 is 0 Å². The van der Waals surface area contributed by atoms with E-state index in [9.17, 15) is 0 Å². The Morgan fingerprint density at radius 3 is 2.41 bits per heavy atom. The fourth-order valence-corrected chi connectivity index (χ4v) is 2.10. The molecule has 0 bridgehead atoms. The quantitative estimate of drug-likeness (QED) is 0.825. The number of nitrogens with one attached hydrogen (secondary N) is 1. The summed E-state index contributed by atoms with van der Waals surface area (Å²) in [7, 11) is 0. The van der Waals surface area contributed by atoms with Gasteiger partial charge in [0.25, 0.3) is 0 Å². The van der Waals surface area contributed by atoms with Gasteiger partial charge in [0.2, 0.25) is 0 Å². The SMILES string of the molecule is CCCNC(Cc1ccccc1Cl)C(C)(C)C. The van der Waals surface area contributed by atoms with Gasteiger partial charge in [0, 0.05) is 11.1 Å². The van der Waals surface area contributed by atoms with Gasteiger partial charge in [0.05, 0.1) is 0 Å². The van der Waals surface area contributed by atoms with Crippen molar-refractivity contribution >= 4 is 11.6 Å². The van der Waals surface area contributed by atoms with Crippen LogP contribution in [0, 0.1) is 5.41 Å². The third-order valence-corrected chi connectivity index (χ3v) is 3.44. The van der Waals surface area contributed by atoms with Crippen molar-refractivity contribution in [2.45, 2.75) is 46.6 Å². The highest BCUT2D eigenvalue weighted by Gasteiger charge is 2.24. The van der Waals surface area contributed by atoms with Crippen LogP contribution in [0.5, 0.6) is 0 Å². The predicted molar refractivity (Wildman–Crippen MR) is 76.7 cm³/mol. The standard InChI is InChI=1S/C15H24ClN/c1-5-10-17-14(15(2,3)4)11-12-8-6-7-9-13(12)16/h6-9,14,17H,5,10-11H2,1-4H3. The Bertz CT molecular complexity index is 341. The molecule has 0 aromatic heterocycles. The first-order chi connectivity index (χ1) is 7.95. The summed E-state index contributed by atoms with van der Waals surface area (Å²) in [5, 5.41) is 4.50. The maximum absolute atomic E-state index is 6.22. The van der Waals surface area contributed by atoms with Gasteiger partial charge in [-0.05, 0) is 36.4 Å². The van der Waals surface area contributed by atoms with E-state index in [0.717, 1.165) is 24.4 Å². The zero-order chi connectivity index (χ0) is 12.9. The molecule has 1 nitrogen and oxygen atoms in total. The van der Waals surface area contributed by atoms with E-state index in [-0.39, 0.29) is 5.41 Å². The summed E-state index contributed by atoms with van der Waals surface area (Å²) >= 11 is 6.22. The maximum Gasteiger partial charge on any atom is 0.0438 e. The highest BCUT2D eigenvalue weighted by atomic mass is 35.5. The molecule has 0 aliphatic heterocycles. The predicted octanol–water partition coefficient (Wildman–Crippen LogP) is 4.30. The van der Waals surface area contributed by atoms with Gasteiger partial charge in [-0.15, -0.1) is 0 Å². The van der Waals surface area contributed by atoms with Gasteiger partial charge in [-0.1, -0.05) is 57.5 Å². The molecule has 1 N–H and O–H groups in total. The second-order valence-electron chi connectivity index (χ2n) is 5.67. The summed E-state index contributed by atoms with van der Waals surface area (Å²) in [6.07, 6.45) is 2.15. The topological polar surface area (TPSA) is 12.0 Å². The normalized spacial score (nSPS) is 13.7. The average molecular weight is 254 g/mol. The van der Waals surface area contributed by atoms with E-state index in [0.29, 0.717) is 6.04 Å². The van der Waals surface area contributed by atoms with Crippen molar-refractivity contribution in [2.24, 2.45) is 5.41 Å². The number of rotatable bonds is 5. The summed E-state index contributed by atoms with van der Waals surface area (Å²) in [5.74, 6) is 0. The first-order valence-corrected chi connectivity index (χ1v) is 6.79. The molecule has 96 valence electrons. The zero-order valence-corrected chi connectivity index (χ0v) is 12.1. The molecule has 0 amide bonds. The molecular weight excluding hydrogens is 230 g/mol. The lowest BCUT2D eigenvalue weighted by Gasteiger charge is -2.32. The van der Waals surface area contributed by atoms with Crippen LogP contribution in [0.1, 0.15) is 39.7 Å². The number of halogens is 1. The fourth-order valence-electron chi connectivity index (χ4n) is 1.89. The Kier molecular flexibility index (Phi) is 5.48. The summed E-state index contributed by atoms with van der Waals surface area (Å²) in [5.41, 5.74) is 1.48. The van der Waals surface area contributed by atoms with Crippen molar-refractivity contribution in [1.29, 1.82) is 0 Å². The van der Waals surface area contributed by atoms with Gasteiger partial charge in [-0.25, -0.2) is 0 Å². The average Bonchev–Trinajstić information content (AvgIpc) is 2.25. The minimum atomic E-state index is 0.244. The number of hydrogen-bond acceptors (Lipinski definition) is 1. The van der Waals surface area contributed by atoms with Gasteiger partial charge in [-0.3, -0.25) is 0 Å². The van der Waals surface area contributed by atoms with Crippen LogP contribution in [0.2, 0.25) is 5.02 Å². The minimum Gasteiger partial charge on any atom is -0.313 e. The van der Waals surface area contributed by atoms with Crippen molar-refractivity contribution in [3.63, 3.8) is 0 Å². The molecule has 1 atom stereocenters. The first kappa shape index (κ1) is 14.5. The summed E-state index contributed by atoms with van der Waals surface area (Å²) < 4.78 is 0. The van der Waals surface area contributed by atoms with E-state index in [1.54, 1.807) is 0 Å². The van der Waals surface area contributed by atoms with E-state index >= 15 is 0 Å². The van der Waals surface area contributed by atoms with Gasteiger partial charge in [0.1, 0.15) is 0 Å². The van der Waals surface area contributed by atoms with Crippen LogP contribution in [0.25, 0.3) is 0 Å². The second-order valence-corrected chi connectivity index (χ2v) is 6.08. The van der Waals surface area contributed by atoms with Gasteiger partial charge in [-0.2, -0.15) is 0 Å². The molecule has 0 saturated carbocycles. The monoisotopic (exact) mass is 253 g/mol. The van der Waals surface area contributed by atoms with E-state index in [1.165, 1.54) is 5.56 Å². The smallest absolute Gasteiger partial charge is 0.0438 e. The molecule has 0 aliphatic rings. The van der Waals surface area contributed by atoms with Crippen molar-refractivity contribution < 1.29 is 0 Å². The molecule has 0 aliphatic carbocycles. The highest BCUT2D eigenvalue weighted by molar-refractivity contribution is 6.31. The third-order valence-electron chi connectivity index (χ3n) is 3.07. The van der Waals surface area contributed by atoms with E-state index in [4.69, 9.17) is 11.6 Å². The van der Waals surface area contributed by atoms with Crippen molar-refractivity contribution in [3.8, 4) is 0 Å². The molecule has 0 heterocycles. The van der Waals surface area contributed by atoms with Gasteiger partial charge >= 0.3 is 0 Å². The lowest BCUT2D eigenvalue weighted by atomic mass is 9.83. The van der Waals surface area contributed by atoms with E-state index in [1.807, 2.05) is 12.1 Å². The van der Waals surface area contributed by atoms with Crippen LogP contribution in [-0.2, 0) is 6.42 Å². The number of benzene rings is 1. The molecule has 1 unspecified atom stereocenters. The fraction of sp³-hybridized carbons (Fsp3) is 0.600. The Balaban J connectivity index is 2.76. The molecule has 2 heteroatoms. The molecule has 0 radical (unpaired) electrons. The summed E-state index contributed by atoms with van der Waals surface area (Å²) in [6, 6.07) is 8.59. The first-order valence-electron chi connectivity index (χ1n) is 6.42. The summed E-state index contributed by atoms with van der Waals surface area (Å²) in [4.78, 5) is 0. The number of hydrogen-bond donors (Lipinski definition) is 1. The second kappa shape index (κ2) is 6.42. The van der Waals surface area contributed by atoms with E-state index in [2.05, 4.69) is 45.1 Å². The molecule has 0 fully saturated rings. The zero-order valence-electron chi connectivity index (χ0n) is 11.4. The summed E-state index contributed by atoms with van der Waals surface area (Å²) in [6.45, 7) is 10.1. The largest absolute Gasteiger partial charge is 0.313 e. The maximum atomic E-state index is 6.22. The Labute approximate surface area is 111 Å². The Hall–Kier alpha value is -0.530. The van der Waals surface area contributed by atoms with Gasteiger partial charge < -0.3 is 5.32 Å². The lowest BCUT2D eigenvalue weighted by molar-refractivity contribution is 0.267. The molecule has 0 spiro atoms. The van der Waals surface area contributed by atoms with Crippen LogP contribution < -0.4 is 5.32 Å². The molecular formula is C15H24ClN. The van der Waals surface area contributed by atoms with Crippen LogP contribution in [-0.4, -0.2) is 12.6 Å². The highest BCUT2D eigenvalue weighted by Crippen LogP contribution is 2.25. The molecule has 1 aromatic rings. The van der Waals surface area contributed by atoms with Crippen LogP contribution >= 0.6 is 11.6 Å². The van der Waals surface area contributed by atoms with Crippen molar-refractivity contribution in [3.05, 3.63) is 34.9 Å². The van der Waals surface area contributed by atoms with Crippen molar-refractivity contribution in [1.82, 2.24) is 5.32 Å². The Morgan fingerprint density at radius 1 is 1.24 bits per heavy atom. The molecule has 0 saturated heterocycles. The minimum absolute atomic E-state index is 0.244. The molecule has 1 aromatic carbocycles. The van der Waals surface area contributed by atoms with Crippen molar-refractivity contribution in [2.75, 3.05) is 6.54 Å².